The van der Waals surface area contributed by atoms with Gasteiger partial charge in [0.2, 0.25) is 0 Å². The molecule has 0 N–H and O–H groups in total. The molecule has 0 aliphatic rings. The Labute approximate surface area is 131 Å². The maximum atomic E-state index is 12.8. The number of amides is 1. The molecule has 0 saturated carbocycles. The van der Waals surface area contributed by atoms with Crippen molar-refractivity contribution in [3.63, 3.8) is 0 Å². The predicted molar refractivity (Wildman–Crippen MR) is 85.1 cm³/mol. The number of carbonyl (C=O) groups is 1. The highest BCUT2D eigenvalue weighted by Crippen LogP contribution is 2.16. The highest BCUT2D eigenvalue weighted by atomic mass is 16.2. The van der Waals surface area contributed by atoms with Crippen LogP contribution in [0.4, 0.5) is 0 Å². The largest absolute Gasteiger partial charge is 0.333 e. The van der Waals surface area contributed by atoms with Crippen LogP contribution >= 0.6 is 0 Å². The summed E-state index contributed by atoms with van der Waals surface area (Å²) in [7, 11) is 0. The van der Waals surface area contributed by atoms with Crippen molar-refractivity contribution in [2.24, 2.45) is 0 Å². The van der Waals surface area contributed by atoms with Crippen molar-refractivity contribution in [1.82, 2.24) is 9.88 Å². The molecule has 0 spiro atoms. The Morgan fingerprint density at radius 2 is 2.09 bits per heavy atom. The standard InChI is InChI=1S/C18H19N3O/c1-14-6-3-8-17(15(14)2)18(22)21(11-5-9-19)13-16-7-4-10-20-12-16/h3-4,6-8,10,12H,5,11,13H2,1-2H3. The Hall–Kier alpha value is -2.67. The fourth-order valence-electron chi connectivity index (χ4n) is 2.30. The third-order valence-corrected chi connectivity index (χ3v) is 3.71. The molecule has 1 aromatic heterocycles. The van der Waals surface area contributed by atoms with Gasteiger partial charge in [-0.3, -0.25) is 9.78 Å². The Morgan fingerprint density at radius 3 is 2.77 bits per heavy atom. The van der Waals surface area contributed by atoms with Gasteiger partial charge in [0.1, 0.15) is 0 Å². The summed E-state index contributed by atoms with van der Waals surface area (Å²) in [6.45, 7) is 4.82. The molecule has 0 bridgehead atoms. The summed E-state index contributed by atoms with van der Waals surface area (Å²) in [5.74, 6) is -0.0414. The van der Waals surface area contributed by atoms with E-state index in [0.717, 1.165) is 16.7 Å². The zero-order valence-corrected chi connectivity index (χ0v) is 12.9. The van der Waals surface area contributed by atoms with Crippen LogP contribution in [0, 0.1) is 25.2 Å². The van der Waals surface area contributed by atoms with E-state index in [0.29, 0.717) is 25.1 Å². The summed E-state index contributed by atoms with van der Waals surface area (Å²) in [6, 6.07) is 11.6. The van der Waals surface area contributed by atoms with Crippen molar-refractivity contribution < 1.29 is 4.79 Å². The van der Waals surface area contributed by atoms with E-state index in [1.807, 2.05) is 44.2 Å². The number of nitrogens with zero attached hydrogens (tertiary/aromatic N) is 3. The minimum absolute atomic E-state index is 0.0414. The molecule has 4 nitrogen and oxygen atoms in total. The van der Waals surface area contributed by atoms with Gasteiger partial charge in [0.05, 0.1) is 12.5 Å². The molecule has 0 atom stereocenters. The van der Waals surface area contributed by atoms with Gasteiger partial charge in [0.25, 0.3) is 5.91 Å². The smallest absolute Gasteiger partial charge is 0.254 e. The maximum absolute atomic E-state index is 12.8. The van der Waals surface area contributed by atoms with Crippen LogP contribution in [0.1, 0.15) is 33.5 Å². The number of nitriles is 1. The van der Waals surface area contributed by atoms with Crippen LogP contribution in [0.25, 0.3) is 0 Å². The second-order valence-electron chi connectivity index (χ2n) is 5.24. The monoisotopic (exact) mass is 293 g/mol. The van der Waals surface area contributed by atoms with Crippen LogP contribution in [-0.2, 0) is 6.54 Å². The minimum Gasteiger partial charge on any atom is -0.333 e. The minimum atomic E-state index is -0.0414. The molecule has 1 aromatic carbocycles. The summed E-state index contributed by atoms with van der Waals surface area (Å²) in [5.41, 5.74) is 3.73. The number of hydrogen-bond acceptors (Lipinski definition) is 3. The zero-order valence-electron chi connectivity index (χ0n) is 12.9. The second-order valence-corrected chi connectivity index (χ2v) is 5.24. The number of pyridine rings is 1. The molecule has 1 amide bonds. The van der Waals surface area contributed by atoms with E-state index in [2.05, 4.69) is 11.1 Å². The molecule has 112 valence electrons. The lowest BCUT2D eigenvalue weighted by Crippen LogP contribution is -2.32. The van der Waals surface area contributed by atoms with Crippen LogP contribution in [0.5, 0.6) is 0 Å². The first-order valence-corrected chi connectivity index (χ1v) is 7.25. The van der Waals surface area contributed by atoms with Gasteiger partial charge in [-0.05, 0) is 42.7 Å². The van der Waals surface area contributed by atoms with Crippen molar-refractivity contribution in [3.8, 4) is 6.07 Å². The number of aromatic nitrogens is 1. The molecule has 22 heavy (non-hydrogen) atoms. The first-order chi connectivity index (χ1) is 10.6. The Kier molecular flexibility index (Phi) is 5.26. The normalized spacial score (nSPS) is 10.0. The zero-order chi connectivity index (χ0) is 15.9. The van der Waals surface area contributed by atoms with Crippen molar-refractivity contribution in [2.45, 2.75) is 26.8 Å². The summed E-state index contributed by atoms with van der Waals surface area (Å²) in [5, 5.41) is 8.83. The van der Waals surface area contributed by atoms with Crippen LogP contribution < -0.4 is 0 Å². The number of aryl methyl sites for hydroxylation is 1. The van der Waals surface area contributed by atoms with Crippen molar-refractivity contribution in [2.75, 3.05) is 6.54 Å². The summed E-state index contributed by atoms with van der Waals surface area (Å²) >= 11 is 0. The van der Waals surface area contributed by atoms with Gasteiger partial charge < -0.3 is 4.90 Å². The quantitative estimate of drug-likeness (QED) is 0.850. The SMILES string of the molecule is Cc1cccc(C(=O)N(CCC#N)Cc2cccnc2)c1C. The van der Waals surface area contributed by atoms with E-state index in [9.17, 15) is 4.79 Å². The van der Waals surface area contributed by atoms with Crippen LogP contribution in [0.15, 0.2) is 42.7 Å². The maximum Gasteiger partial charge on any atom is 0.254 e. The first-order valence-electron chi connectivity index (χ1n) is 7.25. The number of carbonyl (C=O) groups excluding carboxylic acids is 1. The van der Waals surface area contributed by atoms with Gasteiger partial charge in [-0.25, -0.2) is 0 Å². The molecule has 0 saturated heterocycles. The van der Waals surface area contributed by atoms with Gasteiger partial charge in [0, 0.05) is 31.0 Å². The van der Waals surface area contributed by atoms with E-state index in [1.165, 1.54) is 0 Å². The predicted octanol–water partition coefficient (Wildman–Crippen LogP) is 3.25. The number of rotatable bonds is 5. The number of benzene rings is 1. The average Bonchev–Trinajstić information content (AvgIpc) is 2.54. The fraction of sp³-hybridized carbons (Fsp3) is 0.278. The van der Waals surface area contributed by atoms with Gasteiger partial charge in [0.15, 0.2) is 0 Å². The Morgan fingerprint density at radius 1 is 1.27 bits per heavy atom. The number of hydrogen-bond donors (Lipinski definition) is 0. The van der Waals surface area contributed by atoms with E-state index >= 15 is 0 Å². The molecule has 0 aliphatic heterocycles. The topological polar surface area (TPSA) is 57.0 Å². The van der Waals surface area contributed by atoms with Crippen LogP contribution in [0.3, 0.4) is 0 Å². The van der Waals surface area contributed by atoms with Crippen molar-refractivity contribution >= 4 is 5.91 Å². The Balaban J connectivity index is 2.26. The third kappa shape index (κ3) is 3.70. The van der Waals surface area contributed by atoms with E-state index < -0.39 is 0 Å². The average molecular weight is 293 g/mol. The highest BCUT2D eigenvalue weighted by Gasteiger charge is 2.18. The molecule has 0 unspecified atom stereocenters. The van der Waals surface area contributed by atoms with E-state index in [-0.39, 0.29) is 5.91 Å². The first kappa shape index (κ1) is 15.7. The van der Waals surface area contributed by atoms with E-state index in [4.69, 9.17) is 5.26 Å². The molecule has 1 heterocycles. The molecular formula is C18H19N3O. The van der Waals surface area contributed by atoms with Crippen molar-refractivity contribution in [3.05, 3.63) is 65.0 Å². The molecule has 2 rings (SSSR count). The summed E-state index contributed by atoms with van der Waals surface area (Å²) < 4.78 is 0. The molecule has 0 aliphatic carbocycles. The van der Waals surface area contributed by atoms with Gasteiger partial charge in [-0.1, -0.05) is 18.2 Å². The molecule has 0 fully saturated rings. The lowest BCUT2D eigenvalue weighted by Gasteiger charge is -2.23. The van der Waals surface area contributed by atoms with Gasteiger partial charge in [-0.15, -0.1) is 0 Å². The lowest BCUT2D eigenvalue weighted by molar-refractivity contribution is 0.0746. The highest BCUT2D eigenvalue weighted by molar-refractivity contribution is 5.96. The lowest BCUT2D eigenvalue weighted by atomic mass is 10.0. The van der Waals surface area contributed by atoms with Crippen LogP contribution in [0.2, 0.25) is 0 Å². The van der Waals surface area contributed by atoms with E-state index in [1.54, 1.807) is 17.3 Å². The fourth-order valence-corrected chi connectivity index (χ4v) is 2.30. The molecule has 2 aromatic rings. The molecular weight excluding hydrogens is 274 g/mol. The van der Waals surface area contributed by atoms with Crippen LogP contribution in [-0.4, -0.2) is 22.3 Å². The van der Waals surface area contributed by atoms with Gasteiger partial charge >= 0.3 is 0 Å². The summed E-state index contributed by atoms with van der Waals surface area (Å²) in [6.07, 6.45) is 3.77. The van der Waals surface area contributed by atoms with Crippen molar-refractivity contribution in [1.29, 1.82) is 5.26 Å². The Bertz CT molecular complexity index is 689. The molecule has 4 heteroatoms. The summed E-state index contributed by atoms with van der Waals surface area (Å²) in [4.78, 5) is 18.6. The second kappa shape index (κ2) is 7.37. The molecule has 0 radical (unpaired) electrons. The van der Waals surface area contributed by atoms with Gasteiger partial charge in [-0.2, -0.15) is 5.26 Å². The third-order valence-electron chi connectivity index (χ3n) is 3.71.